The van der Waals surface area contributed by atoms with Gasteiger partial charge in [-0.25, -0.2) is 0 Å². The van der Waals surface area contributed by atoms with Crippen molar-refractivity contribution >= 4 is 17.5 Å². The zero-order valence-electron chi connectivity index (χ0n) is 8.66. The maximum absolute atomic E-state index is 11.5. The summed E-state index contributed by atoms with van der Waals surface area (Å²) >= 11 is 5.98. The third kappa shape index (κ3) is 2.51. The molecular formula is C12H14ClNO. The van der Waals surface area contributed by atoms with E-state index in [4.69, 9.17) is 11.6 Å². The minimum Gasteiger partial charge on any atom is -0.352 e. The van der Waals surface area contributed by atoms with Crippen LogP contribution in [0, 0.1) is 11.8 Å². The average Bonchev–Trinajstić information content (AvgIpc) is 2.94. The number of hydrogen-bond donors (Lipinski definition) is 1. The van der Waals surface area contributed by atoms with Crippen LogP contribution in [-0.2, 0) is 11.3 Å². The molecule has 1 aliphatic carbocycles. The van der Waals surface area contributed by atoms with E-state index in [1.807, 2.05) is 24.3 Å². The Bertz CT molecular complexity index is 378. The van der Waals surface area contributed by atoms with E-state index in [-0.39, 0.29) is 11.8 Å². The van der Waals surface area contributed by atoms with Crippen LogP contribution in [0.25, 0.3) is 0 Å². The van der Waals surface area contributed by atoms with E-state index in [0.717, 1.165) is 12.0 Å². The molecule has 1 aromatic rings. The van der Waals surface area contributed by atoms with Crippen LogP contribution >= 0.6 is 11.6 Å². The number of carbonyl (C=O) groups is 1. The second-order valence-electron chi connectivity index (χ2n) is 4.13. The molecule has 0 saturated heterocycles. The Hall–Kier alpha value is -1.02. The smallest absolute Gasteiger partial charge is 0.223 e. The summed E-state index contributed by atoms with van der Waals surface area (Å²) in [6, 6.07) is 7.57. The third-order valence-electron chi connectivity index (χ3n) is 2.86. The second-order valence-corrected chi connectivity index (χ2v) is 4.54. The molecule has 2 atom stereocenters. The molecule has 0 unspecified atom stereocenters. The van der Waals surface area contributed by atoms with Gasteiger partial charge < -0.3 is 5.32 Å². The molecule has 1 fully saturated rings. The summed E-state index contributed by atoms with van der Waals surface area (Å²) in [5, 5.41) is 3.62. The monoisotopic (exact) mass is 223 g/mol. The Morgan fingerprint density at radius 2 is 2.20 bits per heavy atom. The first kappa shape index (κ1) is 10.5. The highest BCUT2D eigenvalue weighted by Gasteiger charge is 2.38. The van der Waals surface area contributed by atoms with Crippen LogP contribution in [0.15, 0.2) is 24.3 Å². The zero-order valence-corrected chi connectivity index (χ0v) is 9.42. The predicted molar refractivity (Wildman–Crippen MR) is 60.6 cm³/mol. The summed E-state index contributed by atoms with van der Waals surface area (Å²) in [5.41, 5.74) is 0.973. The van der Waals surface area contributed by atoms with Crippen molar-refractivity contribution in [1.82, 2.24) is 5.32 Å². The summed E-state index contributed by atoms with van der Waals surface area (Å²) in [6.07, 6.45) is 1.02. The topological polar surface area (TPSA) is 29.1 Å². The van der Waals surface area contributed by atoms with E-state index in [1.54, 1.807) is 0 Å². The summed E-state index contributed by atoms with van der Waals surface area (Å²) in [4.78, 5) is 11.5. The summed E-state index contributed by atoms with van der Waals surface area (Å²) in [7, 11) is 0. The molecule has 0 spiro atoms. The molecule has 1 aromatic carbocycles. The Labute approximate surface area is 94.6 Å². The highest BCUT2D eigenvalue weighted by atomic mass is 35.5. The van der Waals surface area contributed by atoms with Crippen molar-refractivity contribution in [3.8, 4) is 0 Å². The van der Waals surface area contributed by atoms with Gasteiger partial charge in [0.05, 0.1) is 0 Å². The van der Waals surface area contributed by atoms with Gasteiger partial charge in [-0.15, -0.1) is 0 Å². The van der Waals surface area contributed by atoms with Gasteiger partial charge in [0.25, 0.3) is 0 Å². The number of hydrogen-bond acceptors (Lipinski definition) is 1. The van der Waals surface area contributed by atoms with Crippen LogP contribution in [0.3, 0.4) is 0 Å². The molecule has 0 aromatic heterocycles. The minimum atomic E-state index is 0.155. The fourth-order valence-electron chi connectivity index (χ4n) is 1.64. The van der Waals surface area contributed by atoms with Crippen molar-refractivity contribution in [2.75, 3.05) is 0 Å². The molecule has 15 heavy (non-hydrogen) atoms. The Morgan fingerprint density at radius 1 is 1.53 bits per heavy atom. The van der Waals surface area contributed by atoms with Gasteiger partial charge in [-0.2, -0.15) is 0 Å². The van der Waals surface area contributed by atoms with Gasteiger partial charge in [0, 0.05) is 17.5 Å². The molecule has 80 valence electrons. The Kier molecular flexibility index (Phi) is 2.96. The quantitative estimate of drug-likeness (QED) is 0.839. The molecule has 2 rings (SSSR count). The van der Waals surface area contributed by atoms with E-state index in [9.17, 15) is 4.79 Å². The van der Waals surface area contributed by atoms with Gasteiger partial charge in [0.15, 0.2) is 0 Å². The summed E-state index contributed by atoms with van der Waals surface area (Å²) in [5.74, 6) is 0.936. The summed E-state index contributed by atoms with van der Waals surface area (Å²) in [6.45, 7) is 2.63. The van der Waals surface area contributed by atoms with Gasteiger partial charge in [0.2, 0.25) is 5.91 Å². The van der Waals surface area contributed by atoms with Gasteiger partial charge in [-0.05, 0) is 24.0 Å². The fourth-order valence-corrected chi connectivity index (χ4v) is 1.85. The van der Waals surface area contributed by atoms with E-state index in [0.29, 0.717) is 17.5 Å². The molecule has 1 N–H and O–H groups in total. The Balaban J connectivity index is 1.88. The van der Waals surface area contributed by atoms with Crippen LogP contribution in [0.5, 0.6) is 0 Å². The fraction of sp³-hybridized carbons (Fsp3) is 0.417. The lowest BCUT2D eigenvalue weighted by Gasteiger charge is -2.06. The lowest BCUT2D eigenvalue weighted by atomic mass is 10.2. The van der Waals surface area contributed by atoms with Crippen LogP contribution in [-0.4, -0.2) is 5.91 Å². The number of benzene rings is 1. The normalized spacial score (nSPS) is 23.6. The molecule has 0 bridgehead atoms. The molecule has 1 aliphatic rings. The SMILES string of the molecule is C[C@H]1C[C@H]1C(=O)NCc1ccccc1Cl. The van der Waals surface area contributed by atoms with Crippen molar-refractivity contribution in [2.45, 2.75) is 19.9 Å². The van der Waals surface area contributed by atoms with Crippen molar-refractivity contribution in [3.63, 3.8) is 0 Å². The minimum absolute atomic E-state index is 0.155. The standard InChI is InChI=1S/C12H14ClNO/c1-8-6-10(8)12(15)14-7-9-4-2-3-5-11(9)13/h2-5,8,10H,6-7H2,1H3,(H,14,15)/t8-,10+/m0/s1. The van der Waals surface area contributed by atoms with E-state index in [1.165, 1.54) is 0 Å². The maximum atomic E-state index is 11.5. The van der Waals surface area contributed by atoms with Gasteiger partial charge >= 0.3 is 0 Å². The molecule has 1 amide bonds. The van der Waals surface area contributed by atoms with Crippen molar-refractivity contribution in [1.29, 1.82) is 0 Å². The maximum Gasteiger partial charge on any atom is 0.223 e. The third-order valence-corrected chi connectivity index (χ3v) is 3.23. The zero-order chi connectivity index (χ0) is 10.8. The Morgan fingerprint density at radius 3 is 2.80 bits per heavy atom. The number of rotatable bonds is 3. The highest BCUT2D eigenvalue weighted by molar-refractivity contribution is 6.31. The molecule has 1 saturated carbocycles. The number of amides is 1. The van der Waals surface area contributed by atoms with Gasteiger partial charge in [-0.3, -0.25) is 4.79 Å². The van der Waals surface area contributed by atoms with Crippen LogP contribution in [0.2, 0.25) is 5.02 Å². The molecule has 0 heterocycles. The molecule has 0 aliphatic heterocycles. The number of halogens is 1. The number of carbonyl (C=O) groups excluding carboxylic acids is 1. The average molecular weight is 224 g/mol. The first-order valence-corrected chi connectivity index (χ1v) is 5.57. The lowest BCUT2D eigenvalue weighted by molar-refractivity contribution is -0.122. The van der Waals surface area contributed by atoms with Gasteiger partial charge in [0.1, 0.15) is 0 Å². The first-order chi connectivity index (χ1) is 7.18. The van der Waals surface area contributed by atoms with Gasteiger partial charge in [-0.1, -0.05) is 36.7 Å². The molecule has 0 radical (unpaired) electrons. The molecule has 2 nitrogen and oxygen atoms in total. The van der Waals surface area contributed by atoms with E-state index < -0.39 is 0 Å². The van der Waals surface area contributed by atoms with Crippen molar-refractivity contribution in [3.05, 3.63) is 34.9 Å². The molecular weight excluding hydrogens is 210 g/mol. The highest BCUT2D eigenvalue weighted by Crippen LogP contribution is 2.37. The summed E-state index contributed by atoms with van der Waals surface area (Å²) < 4.78 is 0. The first-order valence-electron chi connectivity index (χ1n) is 5.19. The van der Waals surface area contributed by atoms with Crippen molar-refractivity contribution in [2.24, 2.45) is 11.8 Å². The van der Waals surface area contributed by atoms with E-state index in [2.05, 4.69) is 12.2 Å². The van der Waals surface area contributed by atoms with Crippen LogP contribution < -0.4 is 5.32 Å². The molecule has 3 heteroatoms. The number of nitrogens with one attached hydrogen (secondary N) is 1. The van der Waals surface area contributed by atoms with Crippen molar-refractivity contribution < 1.29 is 4.79 Å². The van der Waals surface area contributed by atoms with Crippen LogP contribution in [0.1, 0.15) is 18.9 Å². The van der Waals surface area contributed by atoms with Crippen LogP contribution in [0.4, 0.5) is 0 Å². The second kappa shape index (κ2) is 4.23. The largest absolute Gasteiger partial charge is 0.352 e. The lowest BCUT2D eigenvalue weighted by Crippen LogP contribution is -2.24. The predicted octanol–water partition coefficient (Wildman–Crippen LogP) is 2.61. The van der Waals surface area contributed by atoms with E-state index >= 15 is 0 Å².